The SMILES string of the molecule is CC1C([C@H](O)C[C@H](C)O)CN(c2ccc(C#N)c(C(F)(F)F)c2)S1(=O)=O. The van der Waals surface area contributed by atoms with Gasteiger partial charge in [0.2, 0.25) is 10.0 Å². The maximum Gasteiger partial charge on any atom is 0.417 e. The zero-order valence-electron chi connectivity index (χ0n) is 14.1. The van der Waals surface area contributed by atoms with Crippen LogP contribution in [0.2, 0.25) is 0 Å². The third-order valence-electron chi connectivity index (χ3n) is 4.55. The number of sulfonamides is 1. The highest BCUT2D eigenvalue weighted by Crippen LogP contribution is 2.39. The van der Waals surface area contributed by atoms with E-state index in [9.17, 15) is 31.8 Å². The molecule has 6 nitrogen and oxygen atoms in total. The molecule has 26 heavy (non-hydrogen) atoms. The molecule has 0 aromatic heterocycles. The molecule has 1 fully saturated rings. The summed E-state index contributed by atoms with van der Waals surface area (Å²) in [7, 11) is -3.99. The summed E-state index contributed by atoms with van der Waals surface area (Å²) in [6, 6.07) is 4.14. The van der Waals surface area contributed by atoms with Crippen LogP contribution < -0.4 is 4.31 Å². The van der Waals surface area contributed by atoms with Crippen molar-refractivity contribution in [3.8, 4) is 6.07 Å². The number of nitriles is 1. The van der Waals surface area contributed by atoms with E-state index in [0.717, 1.165) is 16.4 Å². The Labute approximate surface area is 149 Å². The van der Waals surface area contributed by atoms with Crippen LogP contribution in [0.15, 0.2) is 18.2 Å². The lowest BCUT2D eigenvalue weighted by Gasteiger charge is -2.21. The molecule has 1 aromatic rings. The number of aliphatic hydroxyl groups is 2. The van der Waals surface area contributed by atoms with Gasteiger partial charge in [0.1, 0.15) is 0 Å². The minimum atomic E-state index is -4.80. The number of halogens is 3. The molecule has 10 heteroatoms. The summed E-state index contributed by atoms with van der Waals surface area (Å²) < 4.78 is 65.5. The topological polar surface area (TPSA) is 102 Å². The maximum absolute atomic E-state index is 13.1. The smallest absolute Gasteiger partial charge is 0.393 e. The fourth-order valence-electron chi connectivity index (χ4n) is 3.10. The van der Waals surface area contributed by atoms with Crippen molar-refractivity contribution in [2.24, 2.45) is 5.92 Å². The first-order valence-electron chi connectivity index (χ1n) is 7.88. The fourth-order valence-corrected chi connectivity index (χ4v) is 4.99. The van der Waals surface area contributed by atoms with E-state index in [1.807, 2.05) is 0 Å². The van der Waals surface area contributed by atoms with Gasteiger partial charge < -0.3 is 10.2 Å². The number of aliphatic hydroxyl groups excluding tert-OH is 2. The number of alkyl halides is 3. The molecule has 1 aromatic carbocycles. The Morgan fingerprint density at radius 1 is 1.38 bits per heavy atom. The number of hydrogen-bond donors (Lipinski definition) is 2. The van der Waals surface area contributed by atoms with E-state index in [0.29, 0.717) is 6.07 Å². The van der Waals surface area contributed by atoms with E-state index in [-0.39, 0.29) is 18.7 Å². The van der Waals surface area contributed by atoms with E-state index in [1.54, 1.807) is 0 Å². The number of nitrogens with zero attached hydrogens (tertiary/aromatic N) is 2. The Hall–Kier alpha value is -1.83. The van der Waals surface area contributed by atoms with Crippen molar-refractivity contribution in [1.82, 2.24) is 0 Å². The Morgan fingerprint density at radius 3 is 2.50 bits per heavy atom. The first-order valence-corrected chi connectivity index (χ1v) is 9.39. The van der Waals surface area contributed by atoms with Gasteiger partial charge in [-0.05, 0) is 38.5 Å². The quantitative estimate of drug-likeness (QED) is 0.815. The Balaban J connectivity index is 2.44. The van der Waals surface area contributed by atoms with Crippen molar-refractivity contribution in [2.45, 2.75) is 43.9 Å². The minimum absolute atomic E-state index is 0.0421. The van der Waals surface area contributed by atoms with Gasteiger partial charge in [-0.15, -0.1) is 0 Å². The van der Waals surface area contributed by atoms with Crippen molar-refractivity contribution in [1.29, 1.82) is 5.26 Å². The third-order valence-corrected chi connectivity index (χ3v) is 6.81. The van der Waals surface area contributed by atoms with Gasteiger partial charge in [-0.1, -0.05) is 0 Å². The van der Waals surface area contributed by atoms with Gasteiger partial charge in [-0.3, -0.25) is 4.31 Å². The van der Waals surface area contributed by atoms with Gasteiger partial charge in [-0.25, -0.2) is 8.42 Å². The van der Waals surface area contributed by atoms with Crippen LogP contribution >= 0.6 is 0 Å². The highest BCUT2D eigenvalue weighted by atomic mass is 32.2. The lowest BCUT2D eigenvalue weighted by Crippen LogP contribution is -2.32. The average Bonchev–Trinajstić information content (AvgIpc) is 2.76. The molecule has 0 bridgehead atoms. The van der Waals surface area contributed by atoms with Gasteiger partial charge in [0.15, 0.2) is 0 Å². The Bertz CT molecular complexity index is 818. The van der Waals surface area contributed by atoms with Gasteiger partial charge in [-0.2, -0.15) is 18.4 Å². The van der Waals surface area contributed by atoms with Gasteiger partial charge >= 0.3 is 6.18 Å². The van der Waals surface area contributed by atoms with Crippen molar-refractivity contribution in [3.63, 3.8) is 0 Å². The Morgan fingerprint density at radius 2 is 2.00 bits per heavy atom. The van der Waals surface area contributed by atoms with E-state index in [2.05, 4.69) is 0 Å². The molecule has 1 saturated heterocycles. The molecule has 1 aliphatic rings. The summed E-state index contributed by atoms with van der Waals surface area (Å²) in [5.74, 6) is -0.764. The molecule has 4 atom stereocenters. The average molecular weight is 392 g/mol. The zero-order valence-corrected chi connectivity index (χ0v) is 14.9. The minimum Gasteiger partial charge on any atom is -0.393 e. The normalized spacial score (nSPS) is 24.9. The van der Waals surface area contributed by atoms with Crippen LogP contribution in [0.25, 0.3) is 0 Å². The van der Waals surface area contributed by atoms with Crippen LogP contribution in [0.4, 0.5) is 18.9 Å². The highest BCUT2D eigenvalue weighted by Gasteiger charge is 2.47. The Kier molecular flexibility index (Phi) is 5.56. The van der Waals surface area contributed by atoms with Crippen molar-refractivity contribution in [2.75, 3.05) is 10.8 Å². The summed E-state index contributed by atoms with van der Waals surface area (Å²) >= 11 is 0. The lowest BCUT2D eigenvalue weighted by molar-refractivity contribution is -0.137. The third kappa shape index (κ3) is 3.79. The first kappa shape index (κ1) is 20.5. The van der Waals surface area contributed by atoms with Crippen LogP contribution in [0.1, 0.15) is 31.4 Å². The molecular weight excluding hydrogens is 373 g/mol. The molecule has 2 unspecified atom stereocenters. The van der Waals surface area contributed by atoms with Crippen LogP contribution in [0, 0.1) is 17.2 Å². The molecule has 0 aliphatic carbocycles. The monoisotopic (exact) mass is 392 g/mol. The lowest BCUT2D eigenvalue weighted by atomic mass is 9.94. The summed E-state index contributed by atoms with van der Waals surface area (Å²) in [6.07, 6.45) is -6.81. The number of benzene rings is 1. The molecular formula is C16H19F3N2O4S. The number of hydrogen-bond acceptors (Lipinski definition) is 5. The summed E-state index contributed by atoms with van der Waals surface area (Å²) in [4.78, 5) is 0. The number of rotatable bonds is 4. The van der Waals surface area contributed by atoms with Gasteiger partial charge in [0.25, 0.3) is 0 Å². The predicted molar refractivity (Wildman–Crippen MR) is 87.7 cm³/mol. The molecule has 2 rings (SSSR count). The van der Waals surface area contributed by atoms with E-state index >= 15 is 0 Å². The molecule has 1 heterocycles. The van der Waals surface area contributed by atoms with E-state index < -0.39 is 50.7 Å². The zero-order chi connectivity index (χ0) is 19.9. The van der Waals surface area contributed by atoms with Gasteiger partial charge in [0.05, 0.1) is 40.3 Å². The first-order chi connectivity index (χ1) is 11.9. The molecule has 2 N–H and O–H groups in total. The van der Waals surface area contributed by atoms with Crippen LogP contribution in [-0.2, 0) is 16.2 Å². The maximum atomic E-state index is 13.1. The molecule has 1 aliphatic heterocycles. The van der Waals surface area contributed by atoms with Crippen LogP contribution in [0.3, 0.4) is 0 Å². The van der Waals surface area contributed by atoms with Crippen LogP contribution in [-0.4, -0.2) is 42.6 Å². The summed E-state index contributed by atoms with van der Waals surface area (Å²) in [5, 5.41) is 27.4. The predicted octanol–water partition coefficient (Wildman–Crippen LogP) is 1.86. The van der Waals surface area contributed by atoms with Crippen molar-refractivity contribution in [3.05, 3.63) is 29.3 Å². The second kappa shape index (κ2) is 7.06. The van der Waals surface area contributed by atoms with Crippen LogP contribution in [0.5, 0.6) is 0 Å². The molecule has 0 amide bonds. The molecule has 0 spiro atoms. The summed E-state index contributed by atoms with van der Waals surface area (Å²) in [6.45, 7) is 2.62. The van der Waals surface area contributed by atoms with Gasteiger partial charge in [0, 0.05) is 12.5 Å². The molecule has 0 saturated carbocycles. The highest BCUT2D eigenvalue weighted by molar-refractivity contribution is 7.93. The van der Waals surface area contributed by atoms with E-state index in [1.165, 1.54) is 19.9 Å². The fraction of sp³-hybridized carbons (Fsp3) is 0.562. The second-order valence-electron chi connectivity index (χ2n) is 6.44. The van der Waals surface area contributed by atoms with Crippen molar-refractivity contribution < 1.29 is 31.8 Å². The molecule has 144 valence electrons. The standard InChI is InChI=1S/C16H19F3N2O4S/c1-9(22)5-15(23)13-8-21(26(24,25)10(13)2)12-4-3-11(7-20)14(6-12)16(17,18)19/h3-4,6,9-10,13,15,22-23H,5,8H2,1-2H3/t9-,10?,13?,15+/m0/s1. The largest absolute Gasteiger partial charge is 0.417 e. The summed E-state index contributed by atoms with van der Waals surface area (Å²) in [5.41, 5.74) is -2.03. The van der Waals surface area contributed by atoms with Crippen molar-refractivity contribution >= 4 is 15.7 Å². The second-order valence-corrected chi connectivity index (χ2v) is 8.65. The van der Waals surface area contributed by atoms with E-state index in [4.69, 9.17) is 5.26 Å². The molecule has 0 radical (unpaired) electrons. The number of anilines is 1.